The van der Waals surface area contributed by atoms with Gasteiger partial charge in [0.1, 0.15) is 6.54 Å². The van der Waals surface area contributed by atoms with Crippen molar-refractivity contribution in [3.63, 3.8) is 0 Å². The third-order valence-corrected chi connectivity index (χ3v) is 3.58. The normalized spacial score (nSPS) is 17.6. The van der Waals surface area contributed by atoms with Gasteiger partial charge >= 0.3 is 12.2 Å². The summed E-state index contributed by atoms with van der Waals surface area (Å²) < 4.78 is 37.5. The van der Waals surface area contributed by atoms with E-state index < -0.39 is 18.8 Å². The van der Waals surface area contributed by atoms with Crippen molar-refractivity contribution >= 4 is 11.7 Å². The fraction of sp³-hybridized carbons (Fsp3) is 0.462. The van der Waals surface area contributed by atoms with Crippen LogP contribution in [-0.4, -0.2) is 38.2 Å². The molecule has 2 amide bonds. The number of aromatic nitrogens is 4. The average Bonchev–Trinajstić information content (AvgIpc) is 3.05. The van der Waals surface area contributed by atoms with Gasteiger partial charge in [-0.3, -0.25) is 9.78 Å². The quantitative estimate of drug-likeness (QED) is 0.803. The number of fused-ring (bicyclic) bond motifs is 1. The number of alkyl halides is 3. The molecule has 0 saturated heterocycles. The standard InChI is InChI=1S/C13H15F3N6O/c14-13(15,16)7-22-6-10(5-18-22)20-12(23)19-9-1-2-11-8(3-9)4-17-21-11/h4-6,9H,1-3,7H2,(H,17,21)(H2,19,20,23). The molecule has 0 fully saturated rings. The van der Waals surface area contributed by atoms with E-state index >= 15 is 0 Å². The zero-order chi connectivity index (χ0) is 16.4. The number of hydrogen-bond acceptors (Lipinski definition) is 3. The lowest BCUT2D eigenvalue weighted by Crippen LogP contribution is -2.41. The number of amides is 2. The van der Waals surface area contributed by atoms with Crippen molar-refractivity contribution in [2.75, 3.05) is 5.32 Å². The molecule has 10 heteroatoms. The second-order valence-electron chi connectivity index (χ2n) is 5.45. The minimum atomic E-state index is -4.35. The number of aryl methyl sites for hydroxylation is 1. The van der Waals surface area contributed by atoms with E-state index in [9.17, 15) is 18.0 Å². The smallest absolute Gasteiger partial charge is 0.335 e. The maximum absolute atomic E-state index is 12.2. The van der Waals surface area contributed by atoms with Crippen molar-refractivity contribution in [2.24, 2.45) is 0 Å². The van der Waals surface area contributed by atoms with E-state index in [-0.39, 0.29) is 11.7 Å². The van der Waals surface area contributed by atoms with Crippen molar-refractivity contribution in [3.05, 3.63) is 29.8 Å². The van der Waals surface area contributed by atoms with Gasteiger partial charge in [0.05, 0.1) is 18.1 Å². The summed E-state index contributed by atoms with van der Waals surface area (Å²) >= 11 is 0. The molecule has 7 nitrogen and oxygen atoms in total. The molecule has 0 aromatic carbocycles. The minimum absolute atomic E-state index is 0.0367. The molecule has 0 radical (unpaired) electrons. The maximum atomic E-state index is 12.2. The first-order valence-electron chi connectivity index (χ1n) is 7.07. The summed E-state index contributed by atoms with van der Waals surface area (Å²) in [7, 11) is 0. The fourth-order valence-electron chi connectivity index (χ4n) is 2.59. The molecule has 0 bridgehead atoms. The van der Waals surface area contributed by atoms with E-state index in [1.807, 2.05) is 0 Å². The summed E-state index contributed by atoms with van der Waals surface area (Å²) in [5.74, 6) is 0. The zero-order valence-electron chi connectivity index (χ0n) is 12.0. The van der Waals surface area contributed by atoms with Crippen LogP contribution in [0.15, 0.2) is 18.6 Å². The molecule has 1 aliphatic rings. The number of carbonyl (C=O) groups excluding carboxylic acids is 1. The Kier molecular flexibility index (Phi) is 3.97. The van der Waals surface area contributed by atoms with Gasteiger partial charge in [-0.15, -0.1) is 0 Å². The highest BCUT2D eigenvalue weighted by Gasteiger charge is 2.28. The summed E-state index contributed by atoms with van der Waals surface area (Å²) in [6.45, 7) is -1.19. The Bertz CT molecular complexity index is 692. The molecule has 1 atom stereocenters. The van der Waals surface area contributed by atoms with E-state index in [1.165, 1.54) is 6.20 Å². The van der Waals surface area contributed by atoms with Gasteiger partial charge in [0.2, 0.25) is 0 Å². The molecule has 1 aliphatic carbocycles. The van der Waals surface area contributed by atoms with Crippen molar-refractivity contribution in [1.29, 1.82) is 0 Å². The second-order valence-corrected chi connectivity index (χ2v) is 5.45. The Morgan fingerprint density at radius 2 is 2.26 bits per heavy atom. The number of halogens is 3. The summed E-state index contributed by atoms with van der Waals surface area (Å²) in [5, 5.41) is 15.7. The number of carbonyl (C=O) groups is 1. The number of rotatable bonds is 3. The molecule has 1 unspecified atom stereocenters. The largest absolute Gasteiger partial charge is 0.408 e. The van der Waals surface area contributed by atoms with Crippen molar-refractivity contribution in [2.45, 2.75) is 38.0 Å². The number of aromatic amines is 1. The summed E-state index contributed by atoms with van der Waals surface area (Å²) in [4.78, 5) is 11.9. The van der Waals surface area contributed by atoms with Crippen LogP contribution in [0.3, 0.4) is 0 Å². The van der Waals surface area contributed by atoms with Gasteiger partial charge in [-0.1, -0.05) is 0 Å². The zero-order valence-corrected chi connectivity index (χ0v) is 12.0. The predicted molar refractivity (Wildman–Crippen MR) is 74.8 cm³/mol. The molecule has 0 saturated carbocycles. The summed E-state index contributed by atoms with van der Waals surface area (Å²) in [6.07, 6.45) is 1.95. The molecule has 0 spiro atoms. The minimum Gasteiger partial charge on any atom is -0.335 e. The topological polar surface area (TPSA) is 87.6 Å². The lowest BCUT2D eigenvalue weighted by molar-refractivity contribution is -0.142. The van der Waals surface area contributed by atoms with E-state index in [0.29, 0.717) is 6.42 Å². The number of urea groups is 1. The molecule has 23 heavy (non-hydrogen) atoms. The molecular formula is C13H15F3N6O. The first kappa shape index (κ1) is 15.4. The Morgan fingerprint density at radius 3 is 3.04 bits per heavy atom. The SMILES string of the molecule is O=C(Nc1cnn(CC(F)(F)F)c1)NC1CCc2[nH]ncc2C1. The molecule has 3 N–H and O–H groups in total. The Balaban J connectivity index is 1.52. The summed E-state index contributed by atoms with van der Waals surface area (Å²) in [5.41, 5.74) is 2.36. The Morgan fingerprint density at radius 1 is 1.43 bits per heavy atom. The predicted octanol–water partition coefficient (Wildman–Crippen LogP) is 1.85. The van der Waals surface area contributed by atoms with Crippen molar-refractivity contribution in [3.8, 4) is 0 Å². The molecule has 2 aromatic rings. The van der Waals surface area contributed by atoms with Gasteiger partial charge in [-0.05, 0) is 24.8 Å². The van der Waals surface area contributed by atoms with Crippen LogP contribution in [0.1, 0.15) is 17.7 Å². The van der Waals surface area contributed by atoms with E-state index in [4.69, 9.17) is 0 Å². The lowest BCUT2D eigenvalue weighted by atomic mass is 9.94. The number of anilines is 1. The number of hydrogen-bond donors (Lipinski definition) is 3. The van der Waals surface area contributed by atoms with Gasteiger partial charge in [-0.2, -0.15) is 23.4 Å². The molecule has 2 aromatic heterocycles. The number of nitrogens with zero attached hydrogens (tertiary/aromatic N) is 3. The highest BCUT2D eigenvalue weighted by molar-refractivity contribution is 5.89. The van der Waals surface area contributed by atoms with Crippen LogP contribution < -0.4 is 10.6 Å². The maximum Gasteiger partial charge on any atom is 0.408 e. The van der Waals surface area contributed by atoms with Crippen molar-refractivity contribution in [1.82, 2.24) is 25.3 Å². The van der Waals surface area contributed by atoms with Crippen LogP contribution in [0.5, 0.6) is 0 Å². The number of H-pyrrole nitrogens is 1. The van der Waals surface area contributed by atoms with Gasteiger partial charge < -0.3 is 10.6 Å². The van der Waals surface area contributed by atoms with E-state index in [0.717, 1.165) is 35.0 Å². The molecule has 124 valence electrons. The van der Waals surface area contributed by atoms with Gasteiger partial charge in [-0.25, -0.2) is 4.79 Å². The van der Waals surface area contributed by atoms with E-state index in [2.05, 4.69) is 25.9 Å². The molecule has 3 rings (SSSR count). The Labute approximate surface area is 129 Å². The number of nitrogens with one attached hydrogen (secondary N) is 3. The van der Waals surface area contributed by atoms with Crippen LogP contribution >= 0.6 is 0 Å². The monoisotopic (exact) mass is 328 g/mol. The van der Waals surface area contributed by atoms with Crippen LogP contribution in [0.4, 0.5) is 23.7 Å². The molecule has 2 heterocycles. The van der Waals surface area contributed by atoms with Crippen LogP contribution in [0.25, 0.3) is 0 Å². The van der Waals surface area contributed by atoms with Gasteiger partial charge in [0.15, 0.2) is 0 Å². The fourth-order valence-corrected chi connectivity index (χ4v) is 2.59. The first-order valence-corrected chi connectivity index (χ1v) is 7.07. The third kappa shape index (κ3) is 4.02. The third-order valence-electron chi connectivity index (χ3n) is 3.58. The molecular weight excluding hydrogens is 313 g/mol. The van der Waals surface area contributed by atoms with Crippen LogP contribution in [-0.2, 0) is 19.4 Å². The van der Waals surface area contributed by atoms with Crippen LogP contribution in [0, 0.1) is 0 Å². The highest BCUT2D eigenvalue weighted by Crippen LogP contribution is 2.20. The summed E-state index contributed by atoms with van der Waals surface area (Å²) in [6, 6.07) is -0.501. The lowest BCUT2D eigenvalue weighted by Gasteiger charge is -2.22. The molecule has 0 aliphatic heterocycles. The second kappa shape index (κ2) is 5.94. The van der Waals surface area contributed by atoms with Gasteiger partial charge in [0, 0.05) is 17.9 Å². The Hall–Kier alpha value is -2.52. The highest BCUT2D eigenvalue weighted by atomic mass is 19.4. The van der Waals surface area contributed by atoms with E-state index in [1.54, 1.807) is 6.20 Å². The van der Waals surface area contributed by atoms with Gasteiger partial charge in [0.25, 0.3) is 0 Å². The van der Waals surface area contributed by atoms with Crippen molar-refractivity contribution < 1.29 is 18.0 Å². The van der Waals surface area contributed by atoms with Crippen LogP contribution in [0.2, 0.25) is 0 Å². The first-order chi connectivity index (χ1) is 10.9. The average molecular weight is 328 g/mol.